The number of carbonyl (C=O) groups excluding carboxylic acids is 1. The molecule has 1 rings (SSSR count). The lowest BCUT2D eigenvalue weighted by atomic mass is 10.1. The normalized spacial score (nSPS) is 12.1. The maximum atomic E-state index is 11.1. The van der Waals surface area contributed by atoms with Crippen LogP contribution in [0.2, 0.25) is 0 Å². The number of carboxylic acid groups (broad SMARTS) is 1. The second-order valence-corrected chi connectivity index (χ2v) is 3.14. The average Bonchev–Trinajstić information content (AvgIpc) is 2.60. The van der Waals surface area contributed by atoms with Gasteiger partial charge >= 0.3 is 5.97 Å². The molecule has 0 saturated heterocycles. The third kappa shape index (κ3) is 2.80. The Labute approximate surface area is 86.9 Å². The molecule has 0 radical (unpaired) electrons. The fourth-order valence-corrected chi connectivity index (χ4v) is 1.14. The van der Waals surface area contributed by atoms with Crippen LogP contribution in [0.1, 0.15) is 24.9 Å². The van der Waals surface area contributed by atoms with Crippen molar-refractivity contribution in [2.45, 2.75) is 19.4 Å². The largest absolute Gasteiger partial charge is 0.479 e. The van der Waals surface area contributed by atoms with Gasteiger partial charge in [-0.05, 0) is 0 Å². The summed E-state index contributed by atoms with van der Waals surface area (Å²) in [4.78, 5) is 22.0. The Morgan fingerprint density at radius 2 is 2.33 bits per heavy atom. The van der Waals surface area contributed by atoms with Crippen molar-refractivity contribution in [3.63, 3.8) is 0 Å². The molecule has 0 aliphatic rings. The van der Waals surface area contributed by atoms with E-state index in [9.17, 15) is 9.59 Å². The first-order chi connectivity index (χ1) is 7.04. The van der Waals surface area contributed by atoms with E-state index in [4.69, 9.17) is 5.11 Å². The zero-order valence-corrected chi connectivity index (χ0v) is 8.60. The van der Waals surface area contributed by atoms with Crippen LogP contribution < -0.4 is 5.32 Å². The molecule has 15 heavy (non-hydrogen) atoms. The summed E-state index contributed by atoms with van der Waals surface area (Å²) in [5.74, 6) is -1.39. The second-order valence-electron chi connectivity index (χ2n) is 3.14. The van der Waals surface area contributed by atoms with Gasteiger partial charge in [-0.1, -0.05) is 6.92 Å². The SMILES string of the molecule is CCC(=O)NC(C(=O)O)c1cnn(C)c1. The lowest BCUT2D eigenvalue weighted by Gasteiger charge is -2.11. The van der Waals surface area contributed by atoms with Gasteiger partial charge in [-0.15, -0.1) is 0 Å². The highest BCUT2D eigenvalue weighted by Crippen LogP contribution is 2.11. The molecular formula is C9H13N3O3. The van der Waals surface area contributed by atoms with Gasteiger partial charge in [0.2, 0.25) is 5.91 Å². The Kier molecular flexibility index (Phi) is 3.43. The Bertz CT molecular complexity index is 372. The van der Waals surface area contributed by atoms with E-state index in [1.165, 1.54) is 10.9 Å². The molecule has 1 atom stereocenters. The summed E-state index contributed by atoms with van der Waals surface area (Å²) in [6, 6.07) is -1.02. The van der Waals surface area contributed by atoms with Gasteiger partial charge in [0.25, 0.3) is 0 Å². The predicted octanol–water partition coefficient (Wildman–Crippen LogP) is 0.0720. The van der Waals surface area contributed by atoms with Gasteiger partial charge in [0.1, 0.15) is 0 Å². The number of hydrogen-bond donors (Lipinski definition) is 2. The van der Waals surface area contributed by atoms with Gasteiger partial charge in [-0.25, -0.2) is 4.79 Å². The Balaban J connectivity index is 2.83. The number of aromatic nitrogens is 2. The van der Waals surface area contributed by atoms with E-state index >= 15 is 0 Å². The van der Waals surface area contributed by atoms with Crippen molar-refractivity contribution < 1.29 is 14.7 Å². The van der Waals surface area contributed by atoms with Crippen molar-refractivity contribution >= 4 is 11.9 Å². The summed E-state index contributed by atoms with van der Waals surface area (Å²) in [6.07, 6.45) is 3.24. The molecule has 0 aliphatic carbocycles. The molecule has 0 aromatic carbocycles. The summed E-state index contributed by atoms with van der Waals surface area (Å²) < 4.78 is 1.49. The van der Waals surface area contributed by atoms with Crippen molar-refractivity contribution in [2.24, 2.45) is 7.05 Å². The molecule has 0 spiro atoms. The number of carboxylic acids is 1. The van der Waals surface area contributed by atoms with Gasteiger partial charge in [-0.2, -0.15) is 5.10 Å². The molecular weight excluding hydrogens is 198 g/mol. The van der Waals surface area contributed by atoms with Crippen LogP contribution in [0, 0.1) is 0 Å². The van der Waals surface area contributed by atoms with Gasteiger partial charge in [-0.3, -0.25) is 9.48 Å². The minimum absolute atomic E-state index is 0.254. The van der Waals surface area contributed by atoms with Gasteiger partial charge in [0.05, 0.1) is 6.20 Å². The number of aliphatic carboxylic acids is 1. The maximum absolute atomic E-state index is 11.1. The highest BCUT2D eigenvalue weighted by molar-refractivity contribution is 5.84. The topological polar surface area (TPSA) is 84.2 Å². The Morgan fingerprint density at radius 1 is 1.67 bits per heavy atom. The van der Waals surface area contributed by atoms with Crippen LogP contribution >= 0.6 is 0 Å². The standard InChI is InChI=1S/C9H13N3O3/c1-3-7(13)11-8(9(14)15)6-4-10-12(2)5-6/h4-5,8H,3H2,1-2H3,(H,11,13)(H,14,15). The van der Waals surface area contributed by atoms with Crippen molar-refractivity contribution in [1.29, 1.82) is 0 Å². The van der Waals surface area contributed by atoms with E-state index in [1.807, 2.05) is 0 Å². The number of aryl methyl sites for hydroxylation is 1. The lowest BCUT2D eigenvalue weighted by Crippen LogP contribution is -2.32. The summed E-state index contributed by atoms with van der Waals surface area (Å²) in [6.45, 7) is 1.66. The van der Waals surface area contributed by atoms with E-state index in [-0.39, 0.29) is 12.3 Å². The molecule has 6 heteroatoms. The molecule has 0 bridgehead atoms. The minimum Gasteiger partial charge on any atom is -0.479 e. The summed E-state index contributed by atoms with van der Waals surface area (Å²) >= 11 is 0. The highest BCUT2D eigenvalue weighted by atomic mass is 16.4. The third-order valence-corrected chi connectivity index (χ3v) is 1.93. The molecule has 6 nitrogen and oxygen atoms in total. The number of hydrogen-bond acceptors (Lipinski definition) is 3. The van der Waals surface area contributed by atoms with E-state index in [2.05, 4.69) is 10.4 Å². The molecule has 0 saturated carbocycles. The van der Waals surface area contributed by atoms with Crippen LogP contribution in [0.3, 0.4) is 0 Å². The Morgan fingerprint density at radius 3 is 2.73 bits per heavy atom. The fourth-order valence-electron chi connectivity index (χ4n) is 1.14. The van der Waals surface area contributed by atoms with Gasteiger partial charge < -0.3 is 10.4 Å². The monoisotopic (exact) mass is 211 g/mol. The lowest BCUT2D eigenvalue weighted by molar-refractivity contribution is -0.142. The number of amides is 1. The van der Waals surface area contributed by atoms with Crippen LogP contribution in [0.4, 0.5) is 0 Å². The maximum Gasteiger partial charge on any atom is 0.331 e. The first-order valence-electron chi connectivity index (χ1n) is 4.55. The van der Waals surface area contributed by atoms with Crippen molar-refractivity contribution in [1.82, 2.24) is 15.1 Å². The molecule has 1 amide bonds. The predicted molar refractivity (Wildman–Crippen MR) is 52.0 cm³/mol. The summed E-state index contributed by atoms with van der Waals surface area (Å²) in [5, 5.41) is 15.2. The molecule has 0 fully saturated rings. The van der Waals surface area contributed by atoms with E-state index < -0.39 is 12.0 Å². The van der Waals surface area contributed by atoms with E-state index in [1.54, 1.807) is 20.2 Å². The average molecular weight is 211 g/mol. The second kappa shape index (κ2) is 4.59. The van der Waals surface area contributed by atoms with Crippen molar-refractivity contribution in [3.05, 3.63) is 18.0 Å². The van der Waals surface area contributed by atoms with Gasteiger partial charge in [0, 0.05) is 25.2 Å². The zero-order chi connectivity index (χ0) is 11.4. The first-order valence-corrected chi connectivity index (χ1v) is 4.55. The summed E-state index contributed by atoms with van der Waals surface area (Å²) in [7, 11) is 1.68. The molecule has 1 aromatic heterocycles. The van der Waals surface area contributed by atoms with Gasteiger partial charge in [0.15, 0.2) is 6.04 Å². The number of nitrogens with one attached hydrogen (secondary N) is 1. The van der Waals surface area contributed by atoms with Crippen LogP contribution in [-0.2, 0) is 16.6 Å². The van der Waals surface area contributed by atoms with Crippen LogP contribution in [0.5, 0.6) is 0 Å². The van der Waals surface area contributed by atoms with Crippen molar-refractivity contribution in [2.75, 3.05) is 0 Å². The molecule has 2 N–H and O–H groups in total. The summed E-state index contributed by atoms with van der Waals surface area (Å²) in [5.41, 5.74) is 0.465. The molecule has 1 unspecified atom stereocenters. The third-order valence-electron chi connectivity index (χ3n) is 1.93. The van der Waals surface area contributed by atoms with Crippen LogP contribution in [0.25, 0.3) is 0 Å². The van der Waals surface area contributed by atoms with E-state index in [0.717, 1.165) is 0 Å². The molecule has 0 aliphatic heterocycles. The van der Waals surface area contributed by atoms with E-state index in [0.29, 0.717) is 5.56 Å². The minimum atomic E-state index is -1.09. The Hall–Kier alpha value is -1.85. The number of carbonyl (C=O) groups is 2. The van der Waals surface area contributed by atoms with Crippen molar-refractivity contribution in [3.8, 4) is 0 Å². The fraction of sp³-hybridized carbons (Fsp3) is 0.444. The number of nitrogens with zero attached hydrogens (tertiary/aromatic N) is 2. The quantitative estimate of drug-likeness (QED) is 0.738. The van der Waals surface area contributed by atoms with Crippen LogP contribution in [-0.4, -0.2) is 26.8 Å². The smallest absolute Gasteiger partial charge is 0.331 e. The first kappa shape index (κ1) is 11.2. The zero-order valence-electron chi connectivity index (χ0n) is 8.60. The molecule has 1 aromatic rings. The highest BCUT2D eigenvalue weighted by Gasteiger charge is 2.22. The number of rotatable bonds is 4. The van der Waals surface area contributed by atoms with Crippen LogP contribution in [0.15, 0.2) is 12.4 Å². The molecule has 1 heterocycles. The molecule has 82 valence electrons.